The summed E-state index contributed by atoms with van der Waals surface area (Å²) in [6, 6.07) is 8.46. The maximum Gasteiger partial charge on any atom is 0.223 e. The third-order valence-corrected chi connectivity index (χ3v) is 3.42. The number of nitrogens with zero attached hydrogens (tertiary/aromatic N) is 1. The highest BCUT2D eigenvalue weighted by Gasteiger charge is 2.06. The van der Waals surface area contributed by atoms with Crippen LogP contribution < -0.4 is 5.73 Å². The van der Waals surface area contributed by atoms with Crippen molar-refractivity contribution < 1.29 is 4.79 Å². The number of benzene rings is 1. The Morgan fingerprint density at radius 1 is 1.35 bits per heavy atom. The number of amides is 1. The van der Waals surface area contributed by atoms with Crippen molar-refractivity contribution in [3.8, 4) is 0 Å². The van der Waals surface area contributed by atoms with Crippen molar-refractivity contribution >= 4 is 17.7 Å². The van der Waals surface area contributed by atoms with Gasteiger partial charge in [0.1, 0.15) is 0 Å². The molecule has 0 heterocycles. The van der Waals surface area contributed by atoms with Crippen molar-refractivity contribution in [1.29, 1.82) is 0 Å². The summed E-state index contributed by atoms with van der Waals surface area (Å²) in [4.78, 5) is 14.5. The van der Waals surface area contributed by atoms with Crippen molar-refractivity contribution in [1.82, 2.24) is 4.90 Å². The lowest BCUT2D eigenvalue weighted by Crippen LogP contribution is -2.30. The molecule has 0 aliphatic rings. The van der Waals surface area contributed by atoms with Crippen molar-refractivity contribution in [3.05, 3.63) is 29.8 Å². The van der Waals surface area contributed by atoms with Gasteiger partial charge in [0.05, 0.1) is 0 Å². The van der Waals surface area contributed by atoms with E-state index in [0.717, 1.165) is 13.0 Å². The molecule has 1 amide bonds. The van der Waals surface area contributed by atoms with Gasteiger partial charge in [-0.2, -0.15) is 0 Å². The Morgan fingerprint density at radius 2 is 2.00 bits per heavy atom. The van der Waals surface area contributed by atoms with Crippen LogP contribution >= 0.6 is 11.8 Å². The van der Waals surface area contributed by atoms with E-state index in [1.165, 1.54) is 10.5 Å². The second-order valence-electron chi connectivity index (χ2n) is 3.95. The van der Waals surface area contributed by atoms with Crippen LogP contribution in [0.3, 0.4) is 0 Å². The molecule has 1 aromatic rings. The maximum atomic E-state index is 11.5. The number of nitrogens with two attached hydrogens (primary N) is 1. The van der Waals surface area contributed by atoms with Gasteiger partial charge in [-0.25, -0.2) is 0 Å². The topological polar surface area (TPSA) is 46.3 Å². The molecule has 2 N–H and O–H groups in total. The molecule has 0 aromatic heterocycles. The SMILES string of the molecule is CSc1ccc(CCN(C)C(=O)CCN)cc1. The highest BCUT2D eigenvalue weighted by atomic mass is 32.2. The van der Waals surface area contributed by atoms with Gasteiger partial charge in [-0.05, 0) is 30.4 Å². The van der Waals surface area contributed by atoms with Crippen LogP contribution in [0, 0.1) is 0 Å². The molecule has 17 heavy (non-hydrogen) atoms. The summed E-state index contributed by atoms with van der Waals surface area (Å²) >= 11 is 1.73. The molecule has 0 unspecified atom stereocenters. The number of rotatable bonds is 6. The summed E-state index contributed by atoms with van der Waals surface area (Å²) in [5.41, 5.74) is 6.62. The quantitative estimate of drug-likeness (QED) is 0.785. The van der Waals surface area contributed by atoms with E-state index < -0.39 is 0 Å². The van der Waals surface area contributed by atoms with Crippen molar-refractivity contribution in [2.24, 2.45) is 5.73 Å². The summed E-state index contributed by atoms with van der Waals surface area (Å²) < 4.78 is 0. The van der Waals surface area contributed by atoms with Crippen LogP contribution in [0.2, 0.25) is 0 Å². The molecule has 0 spiro atoms. The fourth-order valence-electron chi connectivity index (χ4n) is 1.53. The van der Waals surface area contributed by atoms with E-state index in [-0.39, 0.29) is 5.91 Å². The van der Waals surface area contributed by atoms with Crippen LogP contribution in [0.1, 0.15) is 12.0 Å². The largest absolute Gasteiger partial charge is 0.345 e. The first-order valence-corrected chi connectivity index (χ1v) is 6.97. The highest BCUT2D eigenvalue weighted by Crippen LogP contribution is 2.15. The summed E-state index contributed by atoms with van der Waals surface area (Å²) in [5, 5.41) is 0. The first-order valence-electron chi connectivity index (χ1n) is 5.74. The Balaban J connectivity index is 2.41. The van der Waals surface area contributed by atoms with E-state index in [2.05, 4.69) is 30.5 Å². The molecular weight excluding hydrogens is 232 g/mol. The fourth-order valence-corrected chi connectivity index (χ4v) is 1.94. The Hall–Kier alpha value is -1.00. The predicted molar refractivity (Wildman–Crippen MR) is 73.2 cm³/mol. The summed E-state index contributed by atoms with van der Waals surface area (Å²) in [6.07, 6.45) is 3.39. The molecule has 0 radical (unpaired) electrons. The van der Waals surface area contributed by atoms with E-state index in [0.29, 0.717) is 13.0 Å². The van der Waals surface area contributed by atoms with Crippen LogP contribution in [0.5, 0.6) is 0 Å². The summed E-state index contributed by atoms with van der Waals surface area (Å²) in [6.45, 7) is 1.17. The van der Waals surface area contributed by atoms with Gasteiger partial charge in [0.15, 0.2) is 0 Å². The first kappa shape index (κ1) is 14.1. The molecule has 1 aromatic carbocycles. The Kier molecular flexibility index (Phi) is 6.08. The first-order chi connectivity index (χ1) is 8.17. The van der Waals surface area contributed by atoms with E-state index in [1.54, 1.807) is 16.7 Å². The third-order valence-electron chi connectivity index (χ3n) is 2.68. The van der Waals surface area contributed by atoms with Gasteiger partial charge < -0.3 is 10.6 Å². The van der Waals surface area contributed by atoms with E-state index >= 15 is 0 Å². The molecule has 0 bridgehead atoms. The van der Waals surface area contributed by atoms with Gasteiger partial charge in [0.2, 0.25) is 5.91 Å². The number of thioether (sulfide) groups is 1. The maximum absolute atomic E-state index is 11.5. The van der Waals surface area contributed by atoms with E-state index in [4.69, 9.17) is 5.73 Å². The number of hydrogen-bond donors (Lipinski definition) is 1. The van der Waals surface area contributed by atoms with Crippen LogP contribution in [0.25, 0.3) is 0 Å². The molecule has 1 rings (SSSR count). The number of likely N-dealkylation sites (N-methyl/N-ethyl adjacent to an activating group) is 1. The standard InChI is InChI=1S/C13H20N2OS/c1-15(13(16)7-9-14)10-8-11-3-5-12(17-2)6-4-11/h3-6H,7-10,14H2,1-2H3. The molecule has 0 atom stereocenters. The molecule has 4 heteroatoms. The molecule has 0 saturated carbocycles. The van der Waals surface area contributed by atoms with Gasteiger partial charge >= 0.3 is 0 Å². The third kappa shape index (κ3) is 4.79. The Bertz CT molecular complexity index is 351. The van der Waals surface area contributed by atoms with Crippen molar-refractivity contribution in [2.75, 3.05) is 26.4 Å². The van der Waals surface area contributed by atoms with E-state index in [1.807, 2.05) is 7.05 Å². The molecule has 0 aliphatic carbocycles. The minimum atomic E-state index is 0.119. The fraction of sp³-hybridized carbons (Fsp3) is 0.462. The van der Waals surface area contributed by atoms with Gasteiger partial charge in [-0.1, -0.05) is 12.1 Å². The lowest BCUT2D eigenvalue weighted by atomic mass is 10.1. The lowest BCUT2D eigenvalue weighted by Gasteiger charge is -2.16. The lowest BCUT2D eigenvalue weighted by molar-refractivity contribution is -0.129. The number of carbonyl (C=O) groups excluding carboxylic acids is 1. The number of hydrogen-bond acceptors (Lipinski definition) is 3. The second-order valence-corrected chi connectivity index (χ2v) is 4.83. The van der Waals surface area contributed by atoms with Gasteiger partial charge in [-0.15, -0.1) is 11.8 Å². The normalized spacial score (nSPS) is 10.3. The summed E-state index contributed by atoms with van der Waals surface area (Å²) in [5.74, 6) is 0.119. The van der Waals surface area contributed by atoms with Crippen LogP contribution in [0.4, 0.5) is 0 Å². The average Bonchev–Trinajstić information content (AvgIpc) is 2.36. The smallest absolute Gasteiger partial charge is 0.223 e. The minimum Gasteiger partial charge on any atom is -0.345 e. The Labute approximate surface area is 107 Å². The van der Waals surface area contributed by atoms with Crippen LogP contribution in [-0.2, 0) is 11.2 Å². The predicted octanol–water partition coefficient (Wildman–Crippen LogP) is 1.76. The second kappa shape index (κ2) is 7.35. The average molecular weight is 252 g/mol. The highest BCUT2D eigenvalue weighted by molar-refractivity contribution is 7.98. The van der Waals surface area contributed by atoms with Crippen LogP contribution in [-0.4, -0.2) is 37.2 Å². The van der Waals surface area contributed by atoms with Crippen molar-refractivity contribution in [2.45, 2.75) is 17.7 Å². The van der Waals surface area contributed by atoms with E-state index in [9.17, 15) is 4.79 Å². The van der Waals surface area contributed by atoms with Crippen molar-refractivity contribution in [3.63, 3.8) is 0 Å². The zero-order valence-electron chi connectivity index (χ0n) is 10.5. The molecular formula is C13H20N2OS. The molecule has 0 fully saturated rings. The number of carbonyl (C=O) groups is 1. The molecule has 0 aliphatic heterocycles. The molecule has 3 nitrogen and oxygen atoms in total. The van der Waals surface area contributed by atoms with Gasteiger partial charge in [-0.3, -0.25) is 4.79 Å². The van der Waals surface area contributed by atoms with Gasteiger partial charge in [0, 0.05) is 31.5 Å². The zero-order chi connectivity index (χ0) is 12.7. The van der Waals surface area contributed by atoms with Gasteiger partial charge in [0.25, 0.3) is 0 Å². The Morgan fingerprint density at radius 3 is 2.53 bits per heavy atom. The minimum absolute atomic E-state index is 0.119. The zero-order valence-corrected chi connectivity index (χ0v) is 11.3. The molecule has 94 valence electrons. The monoisotopic (exact) mass is 252 g/mol. The molecule has 0 saturated heterocycles. The van der Waals surface area contributed by atoms with Crippen LogP contribution in [0.15, 0.2) is 29.2 Å². The summed E-state index contributed by atoms with van der Waals surface area (Å²) in [7, 11) is 1.83.